The van der Waals surface area contributed by atoms with Crippen molar-refractivity contribution in [3.05, 3.63) is 254 Å². The van der Waals surface area contributed by atoms with E-state index in [1.807, 2.05) is 84.9 Å². The van der Waals surface area contributed by atoms with E-state index in [2.05, 4.69) is 179 Å². The summed E-state index contributed by atoms with van der Waals surface area (Å²) in [5.74, 6) is 0.654. The number of fused-ring (bicyclic) bond motifs is 6. The van der Waals surface area contributed by atoms with Crippen LogP contribution in [0, 0.1) is 22.7 Å². The van der Waals surface area contributed by atoms with E-state index in [1.54, 1.807) is 0 Å². The van der Waals surface area contributed by atoms with Crippen LogP contribution < -0.4 is 0 Å². The van der Waals surface area contributed by atoms with Crippen molar-refractivity contribution >= 4 is 43.6 Å². The molecule has 13 rings (SSSR count). The third kappa shape index (κ3) is 7.19. The van der Waals surface area contributed by atoms with E-state index in [0.717, 1.165) is 106 Å². The van der Waals surface area contributed by atoms with Crippen LogP contribution >= 0.6 is 0 Å². The first-order chi connectivity index (χ1) is 35.6. The van der Waals surface area contributed by atoms with Gasteiger partial charge in [-0.3, -0.25) is 0 Å². The quantitative estimate of drug-likeness (QED) is 0.152. The maximum absolute atomic E-state index is 9.61. The Hall–Kier alpha value is -10.1. The highest BCUT2D eigenvalue weighted by Gasteiger charge is 2.23. The molecule has 0 fully saturated rings. The Labute approximate surface area is 415 Å². The van der Waals surface area contributed by atoms with Crippen LogP contribution in [-0.4, -0.2) is 19.1 Å². The first kappa shape index (κ1) is 42.0. The molecular formula is C66H40N6. The number of nitriles is 2. The van der Waals surface area contributed by atoms with Crippen molar-refractivity contribution in [3.63, 3.8) is 0 Å². The number of aromatic nitrogens is 4. The Balaban J connectivity index is 1.10. The predicted octanol–water partition coefficient (Wildman–Crippen LogP) is 16.4. The fraction of sp³-hybridized carbons (Fsp3) is 0. The third-order valence-electron chi connectivity index (χ3n) is 13.8. The molecule has 0 aliphatic carbocycles. The fourth-order valence-corrected chi connectivity index (χ4v) is 10.4. The zero-order valence-electron chi connectivity index (χ0n) is 38.8. The Morgan fingerprint density at radius 2 is 0.722 bits per heavy atom. The Morgan fingerprint density at radius 3 is 1.28 bits per heavy atom. The summed E-state index contributed by atoms with van der Waals surface area (Å²) in [7, 11) is 0. The van der Waals surface area contributed by atoms with Crippen molar-refractivity contribution in [3.8, 4) is 90.8 Å². The lowest BCUT2D eigenvalue weighted by atomic mass is 9.96. The van der Waals surface area contributed by atoms with Crippen LogP contribution in [0.4, 0.5) is 0 Å². The van der Waals surface area contributed by atoms with E-state index < -0.39 is 0 Å². The lowest BCUT2D eigenvalue weighted by Gasteiger charge is -2.20. The molecule has 0 saturated heterocycles. The van der Waals surface area contributed by atoms with Crippen LogP contribution in [0.3, 0.4) is 0 Å². The Kier molecular flexibility index (Phi) is 10.2. The topological polar surface area (TPSA) is 83.2 Å². The smallest absolute Gasteiger partial charge is 0.160 e. The molecule has 0 unspecified atom stereocenters. The van der Waals surface area contributed by atoms with Crippen molar-refractivity contribution in [2.24, 2.45) is 0 Å². The van der Waals surface area contributed by atoms with Crippen LogP contribution in [0.15, 0.2) is 243 Å². The SMILES string of the molecule is N#Cc1ccc(-c2ccc3c(c2)c2cc(-c4ccc(C#N)cc4)ccc2n3-c2ccc(-c3cc(-c4ccccc4)nc(-c4ccccc4)n3)cc2-c2ccccc2-n2c3ccccc3c3ccccc32)cc1. The molecule has 334 valence electrons. The average molecular weight is 917 g/mol. The van der Waals surface area contributed by atoms with Gasteiger partial charge in [-0.05, 0) is 107 Å². The highest BCUT2D eigenvalue weighted by atomic mass is 15.0. The lowest BCUT2D eigenvalue weighted by Crippen LogP contribution is -2.02. The molecule has 0 aliphatic rings. The van der Waals surface area contributed by atoms with Gasteiger partial charge >= 0.3 is 0 Å². The summed E-state index contributed by atoms with van der Waals surface area (Å²) in [5.41, 5.74) is 18.4. The van der Waals surface area contributed by atoms with Gasteiger partial charge in [0.15, 0.2) is 5.82 Å². The molecular weight excluding hydrogens is 877 g/mol. The molecule has 0 bridgehead atoms. The van der Waals surface area contributed by atoms with E-state index in [0.29, 0.717) is 17.0 Å². The molecule has 0 amide bonds. The van der Waals surface area contributed by atoms with Gasteiger partial charge in [0.2, 0.25) is 0 Å². The van der Waals surface area contributed by atoms with Crippen LogP contribution in [0.1, 0.15) is 11.1 Å². The maximum atomic E-state index is 9.61. The number of benzene rings is 10. The number of para-hydroxylation sites is 3. The van der Waals surface area contributed by atoms with Crippen molar-refractivity contribution < 1.29 is 0 Å². The maximum Gasteiger partial charge on any atom is 0.160 e. The number of hydrogen-bond acceptors (Lipinski definition) is 4. The molecule has 0 atom stereocenters. The van der Waals surface area contributed by atoms with Gasteiger partial charge in [0.05, 0.1) is 68.1 Å². The van der Waals surface area contributed by atoms with Gasteiger partial charge in [-0.2, -0.15) is 10.5 Å². The monoisotopic (exact) mass is 916 g/mol. The summed E-state index contributed by atoms with van der Waals surface area (Å²) < 4.78 is 4.81. The molecule has 13 aromatic rings. The van der Waals surface area contributed by atoms with Crippen molar-refractivity contribution in [2.45, 2.75) is 0 Å². The lowest BCUT2D eigenvalue weighted by molar-refractivity contribution is 1.16. The van der Waals surface area contributed by atoms with Crippen molar-refractivity contribution in [1.29, 1.82) is 10.5 Å². The number of rotatable bonds is 8. The molecule has 0 radical (unpaired) electrons. The van der Waals surface area contributed by atoms with Gasteiger partial charge in [-0.15, -0.1) is 0 Å². The van der Waals surface area contributed by atoms with Gasteiger partial charge < -0.3 is 9.13 Å². The van der Waals surface area contributed by atoms with E-state index in [-0.39, 0.29) is 0 Å². The van der Waals surface area contributed by atoms with E-state index in [1.165, 1.54) is 10.8 Å². The zero-order chi connectivity index (χ0) is 48.1. The van der Waals surface area contributed by atoms with Gasteiger partial charge in [0, 0.05) is 49.4 Å². The van der Waals surface area contributed by atoms with Crippen LogP contribution in [-0.2, 0) is 0 Å². The zero-order valence-corrected chi connectivity index (χ0v) is 38.8. The first-order valence-electron chi connectivity index (χ1n) is 23.9. The molecule has 6 nitrogen and oxygen atoms in total. The predicted molar refractivity (Wildman–Crippen MR) is 293 cm³/mol. The van der Waals surface area contributed by atoms with Gasteiger partial charge in [0.1, 0.15) is 0 Å². The number of nitrogens with zero attached hydrogens (tertiary/aromatic N) is 6. The molecule has 0 saturated carbocycles. The van der Waals surface area contributed by atoms with E-state index in [9.17, 15) is 10.5 Å². The minimum Gasteiger partial charge on any atom is -0.309 e. The van der Waals surface area contributed by atoms with Crippen LogP contribution in [0.25, 0.3) is 122 Å². The molecule has 0 N–H and O–H groups in total. The van der Waals surface area contributed by atoms with Crippen LogP contribution in [0.2, 0.25) is 0 Å². The largest absolute Gasteiger partial charge is 0.309 e. The standard InChI is InChI=1S/C66H40N6/c67-41-43-23-27-45(28-24-43)49-31-34-64-56(37-49)57-38-50(46-29-25-44(42-68)26-30-46)32-35-65(57)72(64)63-36-33-51(59-40-58(47-13-3-1-4-14-47)69-66(70-59)48-15-5-2-6-16-48)39-55(63)54-19-9-12-22-62(54)71-60-20-10-7-17-52(60)53-18-8-11-21-61(53)71/h1-40H. The molecule has 6 heteroatoms. The average Bonchev–Trinajstić information content (AvgIpc) is 3.97. The molecule has 3 heterocycles. The summed E-state index contributed by atoms with van der Waals surface area (Å²) in [6.45, 7) is 0. The van der Waals surface area contributed by atoms with Gasteiger partial charge in [0.25, 0.3) is 0 Å². The normalized spacial score (nSPS) is 11.3. The molecule has 10 aromatic carbocycles. The summed E-state index contributed by atoms with van der Waals surface area (Å²) in [6.07, 6.45) is 0. The van der Waals surface area contributed by atoms with Crippen LogP contribution in [0.5, 0.6) is 0 Å². The van der Waals surface area contributed by atoms with Crippen molar-refractivity contribution in [2.75, 3.05) is 0 Å². The highest BCUT2D eigenvalue weighted by molar-refractivity contribution is 6.13. The second kappa shape index (κ2) is 17.4. The minimum absolute atomic E-state index is 0.621. The molecule has 0 spiro atoms. The summed E-state index contributed by atoms with van der Waals surface area (Å²) >= 11 is 0. The molecule has 0 aliphatic heterocycles. The van der Waals surface area contributed by atoms with E-state index >= 15 is 0 Å². The summed E-state index contributed by atoms with van der Waals surface area (Å²) in [6, 6.07) is 88.9. The second-order valence-corrected chi connectivity index (χ2v) is 18.0. The summed E-state index contributed by atoms with van der Waals surface area (Å²) in [4.78, 5) is 10.5. The highest BCUT2D eigenvalue weighted by Crippen LogP contribution is 2.44. The molecule has 3 aromatic heterocycles. The number of hydrogen-bond donors (Lipinski definition) is 0. The fourth-order valence-electron chi connectivity index (χ4n) is 10.4. The van der Waals surface area contributed by atoms with E-state index in [4.69, 9.17) is 9.97 Å². The molecule has 72 heavy (non-hydrogen) atoms. The summed E-state index contributed by atoms with van der Waals surface area (Å²) in [5, 5.41) is 23.8. The second-order valence-electron chi connectivity index (χ2n) is 18.0. The Morgan fingerprint density at radius 1 is 0.292 bits per heavy atom. The van der Waals surface area contributed by atoms with Crippen molar-refractivity contribution in [1.82, 2.24) is 19.1 Å². The minimum atomic E-state index is 0.621. The van der Waals surface area contributed by atoms with Gasteiger partial charge in [-0.25, -0.2) is 9.97 Å². The van der Waals surface area contributed by atoms with Gasteiger partial charge in [-0.1, -0.05) is 158 Å². The first-order valence-corrected chi connectivity index (χ1v) is 23.9. The Bertz CT molecular complexity index is 4100. The third-order valence-corrected chi connectivity index (χ3v) is 13.8.